The molecule has 0 aromatic carbocycles. The minimum Gasteiger partial charge on any atom is -0.343 e. The molecule has 0 aliphatic carbocycles. The van der Waals surface area contributed by atoms with Crippen LogP contribution in [-0.4, -0.2) is 28.0 Å². The molecule has 1 amide bonds. The largest absolute Gasteiger partial charge is 0.343 e. The van der Waals surface area contributed by atoms with Gasteiger partial charge in [0.1, 0.15) is 12.0 Å². The number of nitrogens with one attached hydrogen (secondary N) is 1. The second-order valence-electron chi connectivity index (χ2n) is 3.30. The number of amides is 1. The summed E-state index contributed by atoms with van der Waals surface area (Å²) in [5, 5.41) is 5.74. The average Bonchev–Trinajstić information content (AvgIpc) is 2.60. The van der Waals surface area contributed by atoms with Crippen LogP contribution in [0, 0.1) is 0 Å². The number of rotatable bonds is 4. The minimum atomic E-state index is -2.83. The molecule has 7 heteroatoms. The average molecular weight is 231 g/mol. The van der Waals surface area contributed by atoms with Gasteiger partial charge in [0.2, 0.25) is 0 Å². The quantitative estimate of drug-likeness (QED) is 0.775. The van der Waals surface area contributed by atoms with Crippen molar-refractivity contribution in [2.75, 3.05) is 0 Å². The summed E-state index contributed by atoms with van der Waals surface area (Å²) in [4.78, 5) is 21.8. The number of aryl methyl sites for hydroxylation is 1. The van der Waals surface area contributed by atoms with Gasteiger partial charge >= 0.3 is 0 Å². The molecule has 16 heavy (non-hydrogen) atoms. The van der Waals surface area contributed by atoms with Crippen LogP contribution in [-0.2, 0) is 11.8 Å². The molecule has 1 atom stereocenters. The van der Waals surface area contributed by atoms with E-state index in [4.69, 9.17) is 0 Å². The Morgan fingerprint density at radius 2 is 2.25 bits per heavy atom. The lowest BCUT2D eigenvalue weighted by molar-refractivity contribution is -0.109. The van der Waals surface area contributed by atoms with Crippen molar-refractivity contribution in [1.82, 2.24) is 15.1 Å². The Balaban J connectivity index is 2.94. The van der Waals surface area contributed by atoms with Gasteiger partial charge in [0.05, 0.1) is 11.6 Å². The fraction of sp³-hybridized carbons (Fsp3) is 0.444. The van der Waals surface area contributed by atoms with Crippen molar-refractivity contribution in [2.45, 2.75) is 19.4 Å². The van der Waals surface area contributed by atoms with Crippen LogP contribution >= 0.6 is 0 Å². The van der Waals surface area contributed by atoms with Crippen molar-refractivity contribution in [3.63, 3.8) is 0 Å². The van der Waals surface area contributed by atoms with Gasteiger partial charge in [-0.1, -0.05) is 0 Å². The van der Waals surface area contributed by atoms with Gasteiger partial charge in [-0.05, 0) is 6.92 Å². The van der Waals surface area contributed by atoms with Crippen molar-refractivity contribution in [3.05, 3.63) is 17.5 Å². The van der Waals surface area contributed by atoms with E-state index in [2.05, 4.69) is 10.4 Å². The molecule has 1 aromatic rings. The predicted octanol–water partition coefficient (Wildman–Crippen LogP) is 0.675. The summed E-state index contributed by atoms with van der Waals surface area (Å²) >= 11 is 0. The lowest BCUT2D eigenvalue weighted by Gasteiger charge is -2.06. The molecular formula is C9H11F2N3O2. The number of aldehydes is 1. The highest BCUT2D eigenvalue weighted by Gasteiger charge is 2.23. The highest BCUT2D eigenvalue weighted by Crippen LogP contribution is 2.20. The van der Waals surface area contributed by atoms with Crippen molar-refractivity contribution < 1.29 is 18.4 Å². The molecule has 1 heterocycles. The second-order valence-corrected chi connectivity index (χ2v) is 3.30. The zero-order valence-electron chi connectivity index (χ0n) is 8.78. The van der Waals surface area contributed by atoms with Gasteiger partial charge in [0.15, 0.2) is 0 Å². The number of carbonyl (C=O) groups is 2. The zero-order valence-corrected chi connectivity index (χ0v) is 8.78. The molecule has 0 aliphatic heterocycles. The minimum absolute atomic E-state index is 0.216. The van der Waals surface area contributed by atoms with Gasteiger partial charge in [-0.25, -0.2) is 8.78 Å². The Labute approximate surface area is 90.4 Å². The van der Waals surface area contributed by atoms with Crippen LogP contribution in [0.4, 0.5) is 8.78 Å². The normalized spacial score (nSPS) is 12.6. The number of aromatic nitrogens is 2. The third-order valence-corrected chi connectivity index (χ3v) is 1.87. The Bertz CT molecular complexity index is 403. The summed E-state index contributed by atoms with van der Waals surface area (Å²) in [6, 6.07) is -0.724. The number of alkyl halides is 2. The molecule has 0 spiro atoms. The molecule has 0 saturated carbocycles. The van der Waals surface area contributed by atoms with Crippen LogP contribution in [0.2, 0.25) is 0 Å². The van der Waals surface area contributed by atoms with Gasteiger partial charge < -0.3 is 10.1 Å². The first kappa shape index (κ1) is 12.3. The maximum absolute atomic E-state index is 12.5. The summed E-state index contributed by atoms with van der Waals surface area (Å²) in [7, 11) is 1.44. The number of hydrogen-bond acceptors (Lipinski definition) is 3. The van der Waals surface area contributed by atoms with Gasteiger partial charge in [0, 0.05) is 13.2 Å². The third kappa shape index (κ3) is 2.62. The fourth-order valence-electron chi connectivity index (χ4n) is 1.16. The summed E-state index contributed by atoms with van der Waals surface area (Å²) in [5.41, 5.74) is -0.802. The maximum Gasteiger partial charge on any atom is 0.282 e. The third-order valence-electron chi connectivity index (χ3n) is 1.87. The molecule has 0 saturated heterocycles. The first-order chi connectivity index (χ1) is 7.45. The summed E-state index contributed by atoms with van der Waals surface area (Å²) < 4.78 is 26.1. The molecule has 1 aromatic heterocycles. The number of halogens is 2. The highest BCUT2D eigenvalue weighted by molar-refractivity contribution is 5.96. The lowest BCUT2D eigenvalue weighted by Crippen LogP contribution is -2.33. The molecule has 1 rings (SSSR count). The monoisotopic (exact) mass is 231 g/mol. The van der Waals surface area contributed by atoms with Gasteiger partial charge in [-0.3, -0.25) is 9.48 Å². The first-order valence-electron chi connectivity index (χ1n) is 4.53. The van der Waals surface area contributed by atoms with Crippen LogP contribution in [0.3, 0.4) is 0 Å². The fourth-order valence-corrected chi connectivity index (χ4v) is 1.16. The second kappa shape index (κ2) is 4.82. The molecule has 0 aliphatic rings. The Kier molecular flexibility index (Phi) is 3.70. The van der Waals surface area contributed by atoms with Crippen molar-refractivity contribution in [2.24, 2.45) is 7.05 Å². The van der Waals surface area contributed by atoms with Crippen molar-refractivity contribution >= 4 is 12.2 Å². The number of nitrogens with zero attached hydrogens (tertiary/aromatic N) is 2. The Hall–Kier alpha value is -1.79. The van der Waals surface area contributed by atoms with E-state index >= 15 is 0 Å². The first-order valence-corrected chi connectivity index (χ1v) is 4.53. The van der Waals surface area contributed by atoms with Gasteiger partial charge in [0.25, 0.3) is 12.3 Å². The van der Waals surface area contributed by atoms with E-state index in [0.29, 0.717) is 6.29 Å². The maximum atomic E-state index is 12.5. The molecule has 1 unspecified atom stereocenters. The summed E-state index contributed by atoms with van der Waals surface area (Å²) in [6.07, 6.45) is -1.13. The Morgan fingerprint density at radius 1 is 1.62 bits per heavy atom. The van der Waals surface area contributed by atoms with E-state index in [-0.39, 0.29) is 5.56 Å². The van der Waals surface area contributed by atoms with E-state index in [1.165, 1.54) is 20.2 Å². The van der Waals surface area contributed by atoms with E-state index in [1.807, 2.05) is 0 Å². The summed E-state index contributed by atoms with van der Waals surface area (Å²) in [6.45, 7) is 1.45. The van der Waals surface area contributed by atoms with E-state index < -0.39 is 24.1 Å². The topological polar surface area (TPSA) is 64.0 Å². The lowest BCUT2D eigenvalue weighted by atomic mass is 10.2. The molecule has 1 N–H and O–H groups in total. The molecular weight excluding hydrogens is 220 g/mol. The number of carbonyl (C=O) groups excluding carboxylic acids is 2. The standard InChI is InChI=1S/C9H11F2N3O2/c1-5(4-15)12-9(16)6-3-14(2)13-7(6)8(10)11/h3-5,8H,1-2H3,(H,12,16). The number of hydrogen-bond donors (Lipinski definition) is 1. The van der Waals surface area contributed by atoms with Gasteiger partial charge in [-0.2, -0.15) is 5.10 Å². The van der Waals surface area contributed by atoms with Crippen molar-refractivity contribution in [1.29, 1.82) is 0 Å². The van der Waals surface area contributed by atoms with Crippen molar-refractivity contribution in [3.8, 4) is 0 Å². The smallest absolute Gasteiger partial charge is 0.282 e. The molecule has 0 bridgehead atoms. The van der Waals surface area contributed by atoms with E-state index in [1.54, 1.807) is 0 Å². The molecule has 0 radical (unpaired) electrons. The van der Waals surface area contributed by atoms with Crippen LogP contribution in [0.25, 0.3) is 0 Å². The molecule has 88 valence electrons. The molecule has 5 nitrogen and oxygen atoms in total. The van der Waals surface area contributed by atoms with E-state index in [9.17, 15) is 18.4 Å². The van der Waals surface area contributed by atoms with Crippen LogP contribution in [0.15, 0.2) is 6.20 Å². The predicted molar refractivity (Wildman–Crippen MR) is 51.2 cm³/mol. The highest BCUT2D eigenvalue weighted by atomic mass is 19.3. The molecule has 0 fully saturated rings. The summed E-state index contributed by atoms with van der Waals surface area (Å²) in [5.74, 6) is -0.733. The van der Waals surface area contributed by atoms with Crippen LogP contribution in [0.1, 0.15) is 29.4 Å². The zero-order chi connectivity index (χ0) is 12.3. The Morgan fingerprint density at radius 3 is 2.75 bits per heavy atom. The van der Waals surface area contributed by atoms with E-state index in [0.717, 1.165) is 4.68 Å². The van der Waals surface area contributed by atoms with Crippen LogP contribution in [0.5, 0.6) is 0 Å². The van der Waals surface area contributed by atoms with Gasteiger partial charge in [-0.15, -0.1) is 0 Å². The SMILES string of the molecule is CC(C=O)NC(=O)c1cn(C)nc1C(F)F. The van der Waals surface area contributed by atoms with Crippen LogP contribution < -0.4 is 5.32 Å².